The predicted molar refractivity (Wildman–Crippen MR) is 91.9 cm³/mol. The molecule has 2 aromatic heterocycles. The van der Waals surface area contributed by atoms with E-state index in [2.05, 4.69) is 54.3 Å². The summed E-state index contributed by atoms with van der Waals surface area (Å²) in [6.45, 7) is 8.92. The van der Waals surface area contributed by atoms with Crippen LogP contribution in [0.1, 0.15) is 33.3 Å². The van der Waals surface area contributed by atoms with Crippen LogP contribution >= 0.6 is 0 Å². The van der Waals surface area contributed by atoms with E-state index in [0.29, 0.717) is 6.54 Å². The molecule has 23 heavy (non-hydrogen) atoms. The minimum atomic E-state index is -0.368. The number of nitrogens with zero attached hydrogens (tertiary/aromatic N) is 2. The van der Waals surface area contributed by atoms with E-state index >= 15 is 0 Å². The number of pyridine rings is 1. The van der Waals surface area contributed by atoms with Gasteiger partial charge < -0.3 is 14.6 Å². The molecule has 0 saturated carbocycles. The molecule has 1 saturated heterocycles. The summed E-state index contributed by atoms with van der Waals surface area (Å²) in [5.74, 6) is 0. The maximum Gasteiger partial charge on any atom is 0.491 e. The van der Waals surface area contributed by atoms with Gasteiger partial charge in [-0.3, -0.25) is 5.10 Å². The van der Waals surface area contributed by atoms with Gasteiger partial charge in [-0.05, 0) is 51.8 Å². The van der Waals surface area contributed by atoms with Gasteiger partial charge in [-0.15, -0.1) is 0 Å². The topological polar surface area (TPSA) is 72.1 Å². The Morgan fingerprint density at radius 1 is 1.26 bits per heavy atom. The van der Waals surface area contributed by atoms with Gasteiger partial charge in [-0.25, -0.2) is 4.98 Å². The van der Waals surface area contributed by atoms with Crippen LogP contribution in [0.2, 0.25) is 0 Å². The van der Waals surface area contributed by atoms with Gasteiger partial charge in [0.05, 0.1) is 17.4 Å². The monoisotopic (exact) mass is 314 g/mol. The molecule has 1 aliphatic rings. The molecule has 7 heteroatoms. The molecule has 1 fully saturated rings. The molecule has 0 aliphatic carbocycles. The Kier molecular flexibility index (Phi) is 4.04. The zero-order valence-corrected chi connectivity index (χ0v) is 14.3. The fraction of sp³-hybridized carbons (Fsp3) is 0.500. The van der Waals surface area contributed by atoms with E-state index in [1.54, 1.807) is 6.20 Å². The second kappa shape index (κ2) is 5.74. The van der Waals surface area contributed by atoms with Crippen molar-refractivity contribution in [1.82, 2.24) is 20.5 Å². The fourth-order valence-corrected chi connectivity index (χ4v) is 2.55. The Bertz CT molecular complexity index is 723. The average molecular weight is 314 g/mol. The van der Waals surface area contributed by atoms with E-state index in [9.17, 15) is 0 Å². The molecule has 0 unspecified atom stereocenters. The molecule has 0 atom stereocenters. The van der Waals surface area contributed by atoms with Crippen molar-refractivity contribution in [1.29, 1.82) is 0 Å². The first-order valence-electron chi connectivity index (χ1n) is 7.82. The average Bonchev–Trinajstić information content (AvgIpc) is 3.00. The van der Waals surface area contributed by atoms with Crippen molar-refractivity contribution in [2.45, 2.75) is 38.9 Å². The van der Waals surface area contributed by atoms with Crippen molar-refractivity contribution >= 4 is 24.2 Å². The number of hydrogen-bond acceptors (Lipinski definition) is 5. The largest absolute Gasteiger partial charge is 0.491 e. The lowest BCUT2D eigenvalue weighted by Crippen LogP contribution is -2.41. The summed E-state index contributed by atoms with van der Waals surface area (Å²) in [6.07, 6.45) is 5.66. The van der Waals surface area contributed by atoms with Gasteiger partial charge in [0.1, 0.15) is 0 Å². The van der Waals surface area contributed by atoms with Gasteiger partial charge in [0.15, 0.2) is 5.65 Å². The molecule has 1 aliphatic heterocycles. The molecule has 2 N–H and O–H groups in total. The molecule has 0 aromatic carbocycles. The van der Waals surface area contributed by atoms with Gasteiger partial charge >= 0.3 is 7.12 Å². The lowest BCUT2D eigenvalue weighted by atomic mass is 9.77. The second-order valence-corrected chi connectivity index (χ2v) is 6.91. The highest BCUT2D eigenvalue weighted by atomic mass is 16.7. The molecule has 0 amide bonds. The first kappa shape index (κ1) is 16.2. The Hall–Kier alpha value is -1.70. The zero-order valence-electron chi connectivity index (χ0n) is 14.3. The predicted octanol–water partition coefficient (Wildman–Crippen LogP) is 2.19. The van der Waals surface area contributed by atoms with Gasteiger partial charge in [0.2, 0.25) is 0 Å². The molecule has 122 valence electrons. The number of hydrogen-bond donors (Lipinski definition) is 2. The summed E-state index contributed by atoms with van der Waals surface area (Å²) >= 11 is 0. The number of H-pyrrole nitrogens is 1. The summed E-state index contributed by atoms with van der Waals surface area (Å²) in [5, 5.41) is 11.0. The summed E-state index contributed by atoms with van der Waals surface area (Å²) in [5.41, 5.74) is 2.12. The SMILES string of the molecule is CNCC(=Cc1cnc2[nH]ncc2c1)B1OC(C)(C)C(C)(C)O1. The normalized spacial score (nSPS) is 20.4. The van der Waals surface area contributed by atoms with Crippen LogP contribution in [0.25, 0.3) is 17.1 Å². The number of nitrogens with one attached hydrogen (secondary N) is 2. The molecule has 3 rings (SSSR count). The lowest BCUT2D eigenvalue weighted by Gasteiger charge is -2.32. The number of likely N-dealkylation sites (N-methyl/N-ethyl adjacent to an activating group) is 1. The van der Waals surface area contributed by atoms with E-state index in [1.165, 1.54) is 0 Å². The summed E-state index contributed by atoms with van der Waals surface area (Å²) < 4.78 is 12.3. The molecule has 0 radical (unpaired) electrons. The smallest absolute Gasteiger partial charge is 0.400 e. The van der Waals surface area contributed by atoms with E-state index in [4.69, 9.17) is 9.31 Å². The summed E-state index contributed by atoms with van der Waals surface area (Å²) in [6, 6.07) is 2.05. The second-order valence-electron chi connectivity index (χ2n) is 6.91. The Morgan fingerprint density at radius 2 is 1.96 bits per heavy atom. The Balaban J connectivity index is 1.92. The third kappa shape index (κ3) is 3.04. The van der Waals surface area contributed by atoms with Crippen molar-refractivity contribution in [3.05, 3.63) is 29.5 Å². The molecule has 3 heterocycles. The van der Waals surface area contributed by atoms with Crippen LogP contribution < -0.4 is 5.32 Å². The van der Waals surface area contributed by atoms with E-state index in [1.807, 2.05) is 19.3 Å². The molecule has 6 nitrogen and oxygen atoms in total. The van der Waals surface area contributed by atoms with Crippen LogP contribution in [0.5, 0.6) is 0 Å². The van der Waals surface area contributed by atoms with E-state index in [-0.39, 0.29) is 18.3 Å². The summed E-state index contributed by atoms with van der Waals surface area (Å²) in [7, 11) is 1.55. The highest BCUT2D eigenvalue weighted by molar-refractivity contribution is 6.55. The number of fused-ring (bicyclic) bond motifs is 1. The van der Waals surface area contributed by atoms with Gasteiger partial charge in [0.25, 0.3) is 0 Å². The number of aromatic amines is 1. The van der Waals surface area contributed by atoms with Crippen molar-refractivity contribution < 1.29 is 9.31 Å². The first-order chi connectivity index (χ1) is 10.8. The van der Waals surface area contributed by atoms with E-state index < -0.39 is 0 Å². The molecule has 0 spiro atoms. The van der Waals surface area contributed by atoms with Gasteiger partial charge in [0, 0.05) is 18.1 Å². The van der Waals surface area contributed by atoms with Crippen LogP contribution in [-0.4, -0.2) is 47.1 Å². The third-order valence-corrected chi connectivity index (χ3v) is 4.60. The minimum absolute atomic E-state index is 0.350. The molecular formula is C16H23BN4O2. The quantitative estimate of drug-likeness (QED) is 0.847. The minimum Gasteiger partial charge on any atom is -0.400 e. The maximum atomic E-state index is 6.15. The van der Waals surface area contributed by atoms with Gasteiger partial charge in [-0.1, -0.05) is 6.08 Å². The number of rotatable bonds is 4. The van der Waals surface area contributed by atoms with Crippen LogP contribution in [0, 0.1) is 0 Å². The maximum absolute atomic E-state index is 6.15. The Labute approximate surface area is 136 Å². The van der Waals surface area contributed by atoms with Crippen molar-refractivity contribution in [3.63, 3.8) is 0 Å². The third-order valence-electron chi connectivity index (χ3n) is 4.60. The molecule has 2 aromatic rings. The Morgan fingerprint density at radius 3 is 2.61 bits per heavy atom. The molecule has 0 bridgehead atoms. The van der Waals surface area contributed by atoms with Crippen LogP contribution in [0.15, 0.2) is 23.9 Å². The fourth-order valence-electron chi connectivity index (χ4n) is 2.55. The highest BCUT2D eigenvalue weighted by Gasteiger charge is 2.52. The zero-order chi connectivity index (χ0) is 16.7. The van der Waals surface area contributed by atoms with E-state index in [0.717, 1.165) is 22.1 Å². The molecular weight excluding hydrogens is 291 g/mol. The standard InChI is InChI=1S/C16H23BN4O2/c1-15(2)16(3,4)23-17(22-15)13(10-18-5)7-11-6-12-9-20-21-14(12)19-8-11/h6-9,18H,10H2,1-5H3,(H,19,20,21). The highest BCUT2D eigenvalue weighted by Crippen LogP contribution is 2.38. The first-order valence-corrected chi connectivity index (χ1v) is 7.82. The van der Waals surface area contributed by atoms with Crippen LogP contribution in [0.4, 0.5) is 0 Å². The number of aromatic nitrogens is 3. The van der Waals surface area contributed by atoms with Gasteiger partial charge in [-0.2, -0.15) is 5.10 Å². The van der Waals surface area contributed by atoms with Crippen molar-refractivity contribution in [3.8, 4) is 0 Å². The van der Waals surface area contributed by atoms with Crippen molar-refractivity contribution in [2.75, 3.05) is 13.6 Å². The summed E-state index contributed by atoms with van der Waals surface area (Å²) in [4.78, 5) is 4.37. The van der Waals surface area contributed by atoms with Crippen molar-refractivity contribution in [2.24, 2.45) is 0 Å². The van der Waals surface area contributed by atoms with Crippen LogP contribution in [-0.2, 0) is 9.31 Å². The lowest BCUT2D eigenvalue weighted by molar-refractivity contribution is 0.00578. The van der Waals surface area contributed by atoms with Crippen LogP contribution in [0.3, 0.4) is 0 Å².